The van der Waals surface area contributed by atoms with E-state index in [1.807, 2.05) is 0 Å². The molecule has 1 unspecified atom stereocenters. The SMILES string of the molecule is CCCOC(N)CCCN. The first-order valence-electron chi connectivity index (χ1n) is 3.88. The van der Waals surface area contributed by atoms with Crippen LogP contribution in [-0.2, 0) is 4.74 Å². The van der Waals surface area contributed by atoms with Crippen LogP contribution in [0.5, 0.6) is 0 Å². The zero-order valence-corrected chi connectivity index (χ0v) is 6.68. The van der Waals surface area contributed by atoms with Crippen molar-refractivity contribution >= 4 is 0 Å². The number of hydrogen-bond acceptors (Lipinski definition) is 3. The van der Waals surface area contributed by atoms with Gasteiger partial charge in [0.15, 0.2) is 0 Å². The van der Waals surface area contributed by atoms with Gasteiger partial charge in [0.1, 0.15) is 6.23 Å². The van der Waals surface area contributed by atoms with E-state index in [9.17, 15) is 0 Å². The molecule has 1 atom stereocenters. The van der Waals surface area contributed by atoms with E-state index < -0.39 is 0 Å². The summed E-state index contributed by atoms with van der Waals surface area (Å²) in [5, 5.41) is 0. The minimum atomic E-state index is -0.108. The van der Waals surface area contributed by atoms with Gasteiger partial charge in [-0.25, -0.2) is 0 Å². The first kappa shape index (κ1) is 9.88. The van der Waals surface area contributed by atoms with Crippen molar-refractivity contribution in [3.05, 3.63) is 0 Å². The van der Waals surface area contributed by atoms with Gasteiger partial charge < -0.3 is 16.2 Å². The topological polar surface area (TPSA) is 61.3 Å². The van der Waals surface area contributed by atoms with E-state index in [4.69, 9.17) is 16.2 Å². The van der Waals surface area contributed by atoms with Crippen LogP contribution in [0.4, 0.5) is 0 Å². The number of ether oxygens (including phenoxy) is 1. The molecule has 4 N–H and O–H groups in total. The molecule has 0 heterocycles. The Morgan fingerprint density at radius 3 is 2.70 bits per heavy atom. The lowest BCUT2D eigenvalue weighted by atomic mass is 10.3. The van der Waals surface area contributed by atoms with Crippen LogP contribution in [0, 0.1) is 0 Å². The normalized spacial score (nSPS) is 13.5. The van der Waals surface area contributed by atoms with Crippen LogP contribution in [0.3, 0.4) is 0 Å². The lowest BCUT2D eigenvalue weighted by Crippen LogP contribution is -2.24. The third-order valence-electron chi connectivity index (χ3n) is 1.23. The van der Waals surface area contributed by atoms with Crippen molar-refractivity contribution < 1.29 is 4.74 Å². The molecule has 0 saturated heterocycles. The van der Waals surface area contributed by atoms with Gasteiger partial charge in [0.25, 0.3) is 0 Å². The van der Waals surface area contributed by atoms with Crippen LogP contribution in [0.1, 0.15) is 26.2 Å². The second kappa shape index (κ2) is 6.99. The van der Waals surface area contributed by atoms with Crippen LogP contribution in [-0.4, -0.2) is 19.4 Å². The van der Waals surface area contributed by atoms with E-state index in [1.165, 1.54) is 0 Å². The molecule has 0 bridgehead atoms. The Morgan fingerprint density at radius 2 is 2.20 bits per heavy atom. The van der Waals surface area contributed by atoms with Gasteiger partial charge in [-0.05, 0) is 25.8 Å². The molecule has 0 spiro atoms. The van der Waals surface area contributed by atoms with Crippen LogP contribution < -0.4 is 11.5 Å². The Bertz CT molecular complexity index is 60.6. The van der Waals surface area contributed by atoms with Crippen molar-refractivity contribution in [2.24, 2.45) is 11.5 Å². The second-order valence-corrected chi connectivity index (χ2v) is 2.34. The van der Waals surface area contributed by atoms with Gasteiger partial charge in [-0.1, -0.05) is 6.92 Å². The largest absolute Gasteiger partial charge is 0.364 e. The van der Waals surface area contributed by atoms with Crippen molar-refractivity contribution in [2.45, 2.75) is 32.4 Å². The standard InChI is InChI=1S/C7H18N2O/c1-2-6-10-7(9)4-3-5-8/h7H,2-6,8-9H2,1H3. The molecule has 0 aromatic rings. The molecule has 0 amide bonds. The molecule has 3 heteroatoms. The molecule has 0 aliphatic rings. The fourth-order valence-electron chi connectivity index (χ4n) is 0.672. The lowest BCUT2D eigenvalue weighted by Gasteiger charge is -2.10. The summed E-state index contributed by atoms with van der Waals surface area (Å²) in [7, 11) is 0. The van der Waals surface area contributed by atoms with Gasteiger partial charge in [-0.2, -0.15) is 0 Å². The number of hydrogen-bond donors (Lipinski definition) is 2. The molecule has 0 radical (unpaired) electrons. The van der Waals surface area contributed by atoms with Gasteiger partial charge in [0.2, 0.25) is 0 Å². The van der Waals surface area contributed by atoms with Crippen molar-refractivity contribution in [2.75, 3.05) is 13.2 Å². The molecule has 10 heavy (non-hydrogen) atoms. The summed E-state index contributed by atoms with van der Waals surface area (Å²) in [6.45, 7) is 3.52. The van der Waals surface area contributed by atoms with Crippen LogP contribution in [0.2, 0.25) is 0 Å². The Labute approximate surface area is 62.7 Å². The molecule has 62 valence electrons. The third kappa shape index (κ3) is 6.01. The van der Waals surface area contributed by atoms with Crippen molar-refractivity contribution in [1.82, 2.24) is 0 Å². The quantitative estimate of drug-likeness (QED) is 0.534. The van der Waals surface area contributed by atoms with Crippen LogP contribution in [0.15, 0.2) is 0 Å². The summed E-state index contributed by atoms with van der Waals surface area (Å²) in [5.74, 6) is 0. The van der Waals surface area contributed by atoms with Gasteiger partial charge in [0.05, 0.1) is 0 Å². The fraction of sp³-hybridized carbons (Fsp3) is 1.00. The Balaban J connectivity index is 3.00. The molecule has 0 rings (SSSR count). The van der Waals surface area contributed by atoms with E-state index >= 15 is 0 Å². The molecule has 0 aromatic carbocycles. The number of rotatable bonds is 6. The first-order valence-corrected chi connectivity index (χ1v) is 3.88. The fourth-order valence-corrected chi connectivity index (χ4v) is 0.672. The highest BCUT2D eigenvalue weighted by atomic mass is 16.5. The van der Waals surface area contributed by atoms with Gasteiger partial charge in [-0.3, -0.25) is 0 Å². The molecule has 0 saturated carbocycles. The second-order valence-electron chi connectivity index (χ2n) is 2.34. The predicted octanol–water partition coefficient (Wildman–Crippen LogP) is 0.437. The summed E-state index contributed by atoms with van der Waals surface area (Å²) in [5.41, 5.74) is 10.9. The van der Waals surface area contributed by atoms with Gasteiger partial charge in [0, 0.05) is 6.61 Å². The number of nitrogens with two attached hydrogens (primary N) is 2. The Kier molecular flexibility index (Phi) is 6.91. The van der Waals surface area contributed by atoms with Crippen molar-refractivity contribution in [3.63, 3.8) is 0 Å². The van der Waals surface area contributed by atoms with Crippen LogP contribution >= 0.6 is 0 Å². The van der Waals surface area contributed by atoms with Gasteiger partial charge >= 0.3 is 0 Å². The molecule has 0 aromatic heterocycles. The van der Waals surface area contributed by atoms with Crippen molar-refractivity contribution in [3.8, 4) is 0 Å². The monoisotopic (exact) mass is 146 g/mol. The van der Waals surface area contributed by atoms with E-state index in [1.54, 1.807) is 0 Å². The van der Waals surface area contributed by atoms with E-state index in [2.05, 4.69) is 6.92 Å². The maximum absolute atomic E-state index is 5.57. The maximum Gasteiger partial charge on any atom is 0.105 e. The molecule has 0 aliphatic heterocycles. The maximum atomic E-state index is 5.57. The van der Waals surface area contributed by atoms with Gasteiger partial charge in [-0.15, -0.1) is 0 Å². The van der Waals surface area contributed by atoms with E-state index in [0.717, 1.165) is 25.9 Å². The third-order valence-corrected chi connectivity index (χ3v) is 1.23. The smallest absolute Gasteiger partial charge is 0.105 e. The summed E-state index contributed by atoms with van der Waals surface area (Å²) in [6.07, 6.45) is 2.74. The molecular weight excluding hydrogens is 128 g/mol. The van der Waals surface area contributed by atoms with Crippen molar-refractivity contribution in [1.29, 1.82) is 0 Å². The summed E-state index contributed by atoms with van der Waals surface area (Å²) in [6, 6.07) is 0. The lowest BCUT2D eigenvalue weighted by molar-refractivity contribution is 0.0515. The average molecular weight is 146 g/mol. The molecular formula is C7H18N2O. The summed E-state index contributed by atoms with van der Waals surface area (Å²) < 4.78 is 5.22. The predicted molar refractivity (Wildman–Crippen MR) is 42.5 cm³/mol. The summed E-state index contributed by atoms with van der Waals surface area (Å²) >= 11 is 0. The zero-order chi connectivity index (χ0) is 7.82. The highest BCUT2D eigenvalue weighted by Crippen LogP contribution is 1.94. The molecule has 3 nitrogen and oxygen atoms in total. The Hall–Kier alpha value is -0.120. The van der Waals surface area contributed by atoms with E-state index in [0.29, 0.717) is 6.54 Å². The first-order chi connectivity index (χ1) is 4.81. The van der Waals surface area contributed by atoms with E-state index in [-0.39, 0.29) is 6.23 Å². The summed E-state index contributed by atoms with van der Waals surface area (Å²) in [4.78, 5) is 0. The average Bonchev–Trinajstić information content (AvgIpc) is 1.97. The highest BCUT2D eigenvalue weighted by Gasteiger charge is 1.98. The molecule has 0 aliphatic carbocycles. The minimum absolute atomic E-state index is 0.108. The minimum Gasteiger partial charge on any atom is -0.364 e. The highest BCUT2D eigenvalue weighted by molar-refractivity contribution is 4.48. The Morgan fingerprint density at radius 1 is 1.50 bits per heavy atom. The molecule has 0 fully saturated rings. The van der Waals surface area contributed by atoms with Crippen LogP contribution in [0.25, 0.3) is 0 Å². The zero-order valence-electron chi connectivity index (χ0n) is 6.68.